The second-order valence-corrected chi connectivity index (χ2v) is 7.89. The molecule has 0 bridgehead atoms. The molecule has 0 atom stereocenters. The van der Waals surface area contributed by atoms with Gasteiger partial charge in [0.05, 0.1) is 42.2 Å². The van der Waals surface area contributed by atoms with E-state index in [9.17, 15) is 10.1 Å². The minimum Gasteiger partial charge on any atom is -0.496 e. The highest BCUT2D eigenvalue weighted by molar-refractivity contribution is 6.13. The summed E-state index contributed by atoms with van der Waals surface area (Å²) in [6.07, 6.45) is 1.60. The molecule has 0 aliphatic carbocycles. The number of fused-ring (bicyclic) bond motifs is 1. The van der Waals surface area contributed by atoms with E-state index in [0.29, 0.717) is 45.1 Å². The van der Waals surface area contributed by atoms with Gasteiger partial charge >= 0.3 is 5.97 Å². The van der Waals surface area contributed by atoms with Gasteiger partial charge in [-0.1, -0.05) is 6.07 Å². The van der Waals surface area contributed by atoms with E-state index in [0.717, 1.165) is 16.8 Å². The van der Waals surface area contributed by atoms with Crippen molar-refractivity contribution in [2.24, 2.45) is 0 Å². The molecule has 0 spiro atoms. The SMILES string of the molecule is COC(=O)c1c(N)n(-c2c(C)ccc(OC)c2C)c2nc(C)nc(-c3ccnc(C)c3C#N)c12. The number of aryl methyl sites for hydroxylation is 3. The first kappa shape index (κ1) is 22.7. The number of nitrogens with zero attached hydrogens (tertiary/aromatic N) is 5. The van der Waals surface area contributed by atoms with Crippen LogP contribution in [0.3, 0.4) is 0 Å². The Morgan fingerprint density at radius 2 is 1.85 bits per heavy atom. The van der Waals surface area contributed by atoms with Crippen LogP contribution in [-0.4, -0.2) is 39.7 Å². The molecule has 0 aliphatic heterocycles. The highest BCUT2D eigenvalue weighted by Crippen LogP contribution is 2.40. The van der Waals surface area contributed by atoms with Crippen molar-refractivity contribution in [3.8, 4) is 28.8 Å². The van der Waals surface area contributed by atoms with E-state index in [2.05, 4.69) is 21.0 Å². The molecular weight excluding hydrogens is 432 g/mol. The van der Waals surface area contributed by atoms with E-state index in [4.69, 9.17) is 15.2 Å². The highest BCUT2D eigenvalue weighted by Gasteiger charge is 2.30. The van der Waals surface area contributed by atoms with E-state index in [1.54, 1.807) is 37.8 Å². The molecular formula is C25H24N6O3. The Bertz CT molecular complexity index is 1510. The summed E-state index contributed by atoms with van der Waals surface area (Å²) < 4.78 is 12.3. The molecule has 0 aliphatic rings. The van der Waals surface area contributed by atoms with Crippen LogP contribution >= 0.6 is 0 Å². The normalized spacial score (nSPS) is 10.9. The van der Waals surface area contributed by atoms with Crippen molar-refractivity contribution in [2.45, 2.75) is 27.7 Å². The molecule has 0 saturated carbocycles. The Labute approximate surface area is 196 Å². The monoisotopic (exact) mass is 456 g/mol. The number of nitrogen functional groups attached to an aromatic ring is 1. The third-order valence-electron chi connectivity index (χ3n) is 5.88. The van der Waals surface area contributed by atoms with Crippen molar-refractivity contribution in [2.75, 3.05) is 20.0 Å². The average molecular weight is 457 g/mol. The van der Waals surface area contributed by atoms with Crippen molar-refractivity contribution in [3.63, 3.8) is 0 Å². The van der Waals surface area contributed by atoms with Gasteiger partial charge in [0.15, 0.2) is 5.65 Å². The summed E-state index contributed by atoms with van der Waals surface area (Å²) in [5, 5.41) is 10.2. The molecule has 172 valence electrons. The second kappa shape index (κ2) is 8.48. The number of ether oxygens (including phenoxy) is 2. The number of aromatic nitrogens is 4. The van der Waals surface area contributed by atoms with E-state index in [1.165, 1.54) is 7.11 Å². The predicted molar refractivity (Wildman–Crippen MR) is 128 cm³/mol. The largest absolute Gasteiger partial charge is 0.496 e. The number of anilines is 1. The maximum absolute atomic E-state index is 13.0. The van der Waals surface area contributed by atoms with E-state index in [1.807, 2.05) is 26.0 Å². The fourth-order valence-corrected chi connectivity index (χ4v) is 4.32. The van der Waals surface area contributed by atoms with Crippen LogP contribution in [0.1, 0.15) is 38.6 Å². The van der Waals surface area contributed by atoms with Crippen molar-refractivity contribution >= 4 is 22.8 Å². The smallest absolute Gasteiger partial charge is 0.342 e. The van der Waals surface area contributed by atoms with E-state index >= 15 is 0 Å². The van der Waals surface area contributed by atoms with Gasteiger partial charge in [-0.05, 0) is 45.4 Å². The zero-order chi connectivity index (χ0) is 24.7. The zero-order valence-electron chi connectivity index (χ0n) is 19.8. The van der Waals surface area contributed by atoms with Gasteiger partial charge in [0.2, 0.25) is 0 Å². The molecule has 0 unspecified atom stereocenters. The third kappa shape index (κ3) is 3.31. The predicted octanol–water partition coefficient (Wildman–Crippen LogP) is 3.97. The molecule has 9 nitrogen and oxygen atoms in total. The molecule has 0 amide bonds. The lowest BCUT2D eigenvalue weighted by atomic mass is 10.0. The Hall–Kier alpha value is -4.45. The lowest BCUT2D eigenvalue weighted by molar-refractivity contribution is 0.0604. The van der Waals surface area contributed by atoms with Gasteiger partial charge in [0.1, 0.15) is 29.0 Å². The molecule has 9 heteroatoms. The number of carbonyl (C=O) groups excluding carboxylic acids is 1. The van der Waals surface area contributed by atoms with Crippen LogP contribution in [0.4, 0.5) is 5.82 Å². The summed E-state index contributed by atoms with van der Waals surface area (Å²) in [5.41, 5.74) is 11.5. The Morgan fingerprint density at radius 1 is 1.12 bits per heavy atom. The summed E-state index contributed by atoms with van der Waals surface area (Å²) in [4.78, 5) is 26.5. The number of carbonyl (C=O) groups is 1. The number of hydrogen-bond donors (Lipinski definition) is 1. The number of methoxy groups -OCH3 is 2. The number of pyridine rings is 1. The fourth-order valence-electron chi connectivity index (χ4n) is 4.32. The van der Waals surface area contributed by atoms with Gasteiger partial charge in [-0.3, -0.25) is 9.55 Å². The fraction of sp³-hybridized carbons (Fsp3) is 0.240. The number of hydrogen-bond acceptors (Lipinski definition) is 8. The molecule has 2 N–H and O–H groups in total. The van der Waals surface area contributed by atoms with Gasteiger partial charge < -0.3 is 15.2 Å². The summed E-state index contributed by atoms with van der Waals surface area (Å²) in [6.45, 7) is 7.36. The Balaban J connectivity index is 2.25. The van der Waals surface area contributed by atoms with Gasteiger partial charge in [-0.25, -0.2) is 14.8 Å². The van der Waals surface area contributed by atoms with Crippen LogP contribution in [0.5, 0.6) is 5.75 Å². The summed E-state index contributed by atoms with van der Waals surface area (Å²) >= 11 is 0. The maximum atomic E-state index is 13.0. The number of nitriles is 1. The Morgan fingerprint density at radius 3 is 2.50 bits per heavy atom. The number of benzene rings is 1. The number of rotatable bonds is 4. The molecule has 0 fully saturated rings. The molecule has 1 aromatic carbocycles. The van der Waals surface area contributed by atoms with Gasteiger partial charge in [0, 0.05) is 17.3 Å². The molecule has 3 aromatic heterocycles. The van der Waals surface area contributed by atoms with Gasteiger partial charge in [-0.15, -0.1) is 0 Å². The number of nitrogens with two attached hydrogens (primary N) is 1. The van der Waals surface area contributed by atoms with Gasteiger partial charge in [0.25, 0.3) is 0 Å². The minimum absolute atomic E-state index is 0.132. The summed E-state index contributed by atoms with van der Waals surface area (Å²) in [7, 11) is 2.89. The van der Waals surface area contributed by atoms with Crippen molar-refractivity contribution in [3.05, 3.63) is 58.2 Å². The molecule has 3 heterocycles. The first-order valence-electron chi connectivity index (χ1n) is 10.5. The van der Waals surface area contributed by atoms with Crippen molar-refractivity contribution < 1.29 is 14.3 Å². The van der Waals surface area contributed by atoms with Crippen LogP contribution in [-0.2, 0) is 4.74 Å². The topological polar surface area (TPSA) is 129 Å². The molecule has 34 heavy (non-hydrogen) atoms. The van der Waals surface area contributed by atoms with Crippen LogP contribution in [0, 0.1) is 39.0 Å². The molecule has 4 rings (SSSR count). The third-order valence-corrected chi connectivity index (χ3v) is 5.88. The lowest BCUT2D eigenvalue weighted by Gasteiger charge is -2.17. The highest BCUT2D eigenvalue weighted by atomic mass is 16.5. The first-order valence-corrected chi connectivity index (χ1v) is 10.5. The number of esters is 1. The van der Waals surface area contributed by atoms with Crippen LogP contribution in [0.15, 0.2) is 24.4 Å². The zero-order valence-corrected chi connectivity index (χ0v) is 19.8. The average Bonchev–Trinajstić information content (AvgIpc) is 3.09. The molecule has 0 radical (unpaired) electrons. The minimum atomic E-state index is -0.627. The standard InChI is InChI=1S/C25H24N6O3/c1-12-7-8-18(33-5)13(2)22(12)31-23(27)20(25(32)34-6)19-21(29-15(4)30-24(19)31)16-9-10-28-14(3)17(16)11-26/h7-10H,27H2,1-6H3. The first-order chi connectivity index (χ1) is 16.2. The van der Waals surface area contributed by atoms with Gasteiger partial charge in [-0.2, -0.15) is 5.26 Å². The second-order valence-electron chi connectivity index (χ2n) is 7.89. The van der Waals surface area contributed by atoms with E-state index in [-0.39, 0.29) is 11.4 Å². The Kier molecular flexibility index (Phi) is 5.67. The van der Waals surface area contributed by atoms with Crippen LogP contribution < -0.4 is 10.5 Å². The molecule has 0 saturated heterocycles. The lowest BCUT2D eigenvalue weighted by Crippen LogP contribution is -2.09. The quantitative estimate of drug-likeness (QED) is 0.457. The van der Waals surface area contributed by atoms with Crippen molar-refractivity contribution in [1.82, 2.24) is 19.5 Å². The summed E-state index contributed by atoms with van der Waals surface area (Å²) in [5.74, 6) is 0.655. The van der Waals surface area contributed by atoms with Crippen LogP contribution in [0.25, 0.3) is 28.0 Å². The van der Waals surface area contributed by atoms with Crippen molar-refractivity contribution in [1.29, 1.82) is 5.26 Å². The summed E-state index contributed by atoms with van der Waals surface area (Å²) in [6, 6.07) is 7.69. The van der Waals surface area contributed by atoms with E-state index < -0.39 is 5.97 Å². The van der Waals surface area contributed by atoms with Crippen LogP contribution in [0.2, 0.25) is 0 Å². The molecule has 4 aromatic rings. The maximum Gasteiger partial charge on any atom is 0.342 e.